The third-order valence-electron chi connectivity index (χ3n) is 13.9. The molecule has 6 aromatic rings. The summed E-state index contributed by atoms with van der Waals surface area (Å²) in [5.74, 6) is 0.438. The van der Waals surface area contributed by atoms with Crippen molar-refractivity contribution in [1.82, 2.24) is 9.47 Å². The van der Waals surface area contributed by atoms with Gasteiger partial charge in [0.25, 0.3) is 9.84 Å². The summed E-state index contributed by atoms with van der Waals surface area (Å²) in [6.45, 7) is 11.9. The molecule has 1 aromatic heterocycles. The van der Waals surface area contributed by atoms with Crippen molar-refractivity contribution in [3.05, 3.63) is 132 Å². The maximum absolute atomic E-state index is 15.0. The summed E-state index contributed by atoms with van der Waals surface area (Å²) in [6, 6.07) is 35.5. The Kier molecular flexibility index (Phi) is 16.5. The van der Waals surface area contributed by atoms with Crippen LogP contribution in [0.5, 0.6) is 0 Å². The van der Waals surface area contributed by atoms with E-state index in [4.69, 9.17) is 20.9 Å². The number of sulfone groups is 2. The molecule has 0 radical (unpaired) electrons. The van der Waals surface area contributed by atoms with Crippen molar-refractivity contribution >= 4 is 78.6 Å². The van der Waals surface area contributed by atoms with Gasteiger partial charge in [0.1, 0.15) is 4.90 Å². The summed E-state index contributed by atoms with van der Waals surface area (Å²) in [5.41, 5.74) is 0.251. The van der Waals surface area contributed by atoms with Crippen molar-refractivity contribution in [3.63, 3.8) is 0 Å². The van der Waals surface area contributed by atoms with E-state index in [0.29, 0.717) is 98.1 Å². The van der Waals surface area contributed by atoms with Crippen molar-refractivity contribution in [2.75, 3.05) is 104 Å². The molecule has 0 bridgehead atoms. The standard InChI is InChI=1S/C54H61ClF3N6O7PS3/c1-38(2)64-39(3)53(74(4,66)67)51(52(64)40-13-15-42(55)16-14-40)41-9-8-10-46(35-41)62-27-25-61(26-28-62)44-17-19-45(20-18-44)63-31-34-71-72(63,65)47-21-22-49(50(36-47)75(68,69)54(56,57)58)59-43(23-24-60-29-32-70-33-30-60)37-73-48-11-6-5-7-12-48/h5-22,35-36,38,43,59H,23-34,37H2,1-4H3/t43-,72+/m1/s1. The van der Waals surface area contributed by atoms with Crippen LogP contribution in [0.25, 0.3) is 22.4 Å². The van der Waals surface area contributed by atoms with E-state index in [-0.39, 0.29) is 30.2 Å². The number of rotatable bonds is 17. The van der Waals surface area contributed by atoms with Gasteiger partial charge in [-0.2, -0.15) is 13.2 Å². The predicted octanol–water partition coefficient (Wildman–Crippen LogP) is 11.0. The zero-order valence-corrected chi connectivity index (χ0v) is 46.3. The van der Waals surface area contributed by atoms with Crippen LogP contribution in [-0.2, 0) is 33.5 Å². The lowest BCUT2D eigenvalue weighted by molar-refractivity contribution is -0.0435. The quantitative estimate of drug-likeness (QED) is 0.0687. The van der Waals surface area contributed by atoms with Crippen molar-refractivity contribution in [2.24, 2.45) is 0 Å². The second-order valence-corrected chi connectivity index (χ2v) is 26.9. The maximum atomic E-state index is 15.0. The van der Waals surface area contributed by atoms with E-state index in [9.17, 15) is 34.6 Å². The lowest BCUT2D eigenvalue weighted by Gasteiger charge is -2.37. The minimum Gasteiger partial charge on any atom is -0.380 e. The highest BCUT2D eigenvalue weighted by Gasteiger charge is 2.49. The van der Waals surface area contributed by atoms with Gasteiger partial charge in [-0.15, -0.1) is 11.8 Å². The van der Waals surface area contributed by atoms with Crippen LogP contribution >= 0.6 is 30.9 Å². The van der Waals surface area contributed by atoms with Crippen LogP contribution < -0.4 is 25.1 Å². The number of alkyl halides is 3. The molecule has 0 spiro atoms. The number of ether oxygens (including phenoxy) is 1. The molecule has 0 unspecified atom stereocenters. The number of benzene rings is 5. The summed E-state index contributed by atoms with van der Waals surface area (Å²) >= 11 is 7.81. The summed E-state index contributed by atoms with van der Waals surface area (Å²) in [4.78, 5) is 6.94. The van der Waals surface area contributed by atoms with E-state index in [0.717, 1.165) is 39.2 Å². The number of hydrogen-bond donors (Lipinski definition) is 1. The first-order valence-corrected chi connectivity index (χ1v) is 31.2. The van der Waals surface area contributed by atoms with Crippen LogP contribution in [-0.4, -0.2) is 122 Å². The number of halogens is 4. The van der Waals surface area contributed by atoms with Crippen molar-refractivity contribution in [2.45, 2.75) is 59.5 Å². The van der Waals surface area contributed by atoms with Crippen molar-refractivity contribution < 1.29 is 43.8 Å². The van der Waals surface area contributed by atoms with E-state index in [1.165, 1.54) is 34.8 Å². The van der Waals surface area contributed by atoms with Crippen LogP contribution in [0.2, 0.25) is 5.02 Å². The molecule has 21 heteroatoms. The summed E-state index contributed by atoms with van der Waals surface area (Å²) in [6.07, 6.45) is 1.77. The van der Waals surface area contributed by atoms with Gasteiger partial charge in [0.15, 0.2) is 9.84 Å². The number of aromatic nitrogens is 1. The summed E-state index contributed by atoms with van der Waals surface area (Å²) < 4.78 is 127. The normalized spacial score (nSPS) is 18.5. The number of nitrogens with zero attached hydrogens (tertiary/aromatic N) is 5. The van der Waals surface area contributed by atoms with Crippen molar-refractivity contribution in [1.29, 1.82) is 0 Å². The number of morpholine rings is 1. The smallest absolute Gasteiger partial charge is 0.380 e. The molecule has 3 saturated heterocycles. The molecule has 4 heterocycles. The number of nitrogens with one attached hydrogen (secondary N) is 1. The van der Waals surface area contributed by atoms with Crippen molar-refractivity contribution in [3.8, 4) is 22.4 Å². The zero-order chi connectivity index (χ0) is 53.3. The van der Waals surface area contributed by atoms with E-state index < -0.39 is 43.6 Å². The zero-order valence-electron chi connectivity index (χ0n) is 42.2. The Bertz CT molecular complexity index is 3260. The Hall–Kier alpha value is -4.98. The molecule has 2 atom stereocenters. The number of piperazine rings is 1. The summed E-state index contributed by atoms with van der Waals surface area (Å²) in [5, 5.41) is 3.57. The van der Waals surface area contributed by atoms with Gasteiger partial charge >= 0.3 is 13.0 Å². The molecule has 3 fully saturated rings. The van der Waals surface area contributed by atoms with Crippen LogP contribution in [0.15, 0.2) is 136 Å². The Labute approximate surface area is 447 Å². The number of anilines is 4. The minimum absolute atomic E-state index is 0.00500. The molecule has 400 valence electrons. The Morgan fingerprint density at radius 2 is 1.40 bits per heavy atom. The van der Waals surface area contributed by atoms with Gasteiger partial charge in [-0.3, -0.25) is 14.1 Å². The average molecular weight is 1130 g/mol. The second-order valence-electron chi connectivity index (χ2n) is 19.2. The fourth-order valence-corrected chi connectivity index (χ4v) is 15.9. The fraction of sp³-hybridized carbons (Fsp3) is 0.370. The third kappa shape index (κ3) is 11.8. The average Bonchev–Trinajstić information content (AvgIpc) is 3.96. The topological polar surface area (TPSA) is 134 Å². The molecule has 0 aliphatic carbocycles. The first-order chi connectivity index (χ1) is 35.7. The molecule has 0 saturated carbocycles. The van der Waals surface area contributed by atoms with Gasteiger partial charge < -0.3 is 28.9 Å². The van der Waals surface area contributed by atoms with Gasteiger partial charge in [0.2, 0.25) is 0 Å². The van der Waals surface area contributed by atoms with Gasteiger partial charge in [-0.1, -0.05) is 54.1 Å². The SMILES string of the molecule is Cc1c(S(C)(=O)=O)c(-c2cccc(N3CCN(c4ccc(N5CCO[P@@]5(=O)c5ccc(N[C@H](CCN6CCOCC6)CSc6ccccc6)c(S(=O)(=O)C(F)(F)F)c5)cc4)CC3)c2)c(-c2ccc(Cl)cc2)n1C(C)C. The van der Waals surface area contributed by atoms with E-state index >= 15 is 0 Å². The monoisotopic (exact) mass is 1120 g/mol. The molecule has 3 aliphatic rings. The molecule has 3 aliphatic heterocycles. The van der Waals surface area contributed by atoms with Gasteiger partial charge in [-0.05, 0) is 117 Å². The predicted molar refractivity (Wildman–Crippen MR) is 296 cm³/mol. The van der Waals surface area contributed by atoms with Gasteiger partial charge in [-0.25, -0.2) is 16.8 Å². The highest BCUT2D eigenvalue weighted by atomic mass is 35.5. The molecular formula is C54H61ClF3N6O7PS3. The highest BCUT2D eigenvalue weighted by molar-refractivity contribution is 7.99. The first kappa shape index (κ1) is 54.8. The first-order valence-electron chi connectivity index (χ1n) is 24.9. The Morgan fingerprint density at radius 3 is 2.04 bits per heavy atom. The van der Waals surface area contributed by atoms with E-state index in [1.54, 1.807) is 12.1 Å². The largest absolute Gasteiger partial charge is 0.501 e. The molecule has 5 aromatic carbocycles. The van der Waals surface area contributed by atoms with Crippen LogP contribution in [0.4, 0.5) is 35.9 Å². The second kappa shape index (κ2) is 22.5. The molecular weight excluding hydrogens is 1060 g/mol. The Balaban J connectivity index is 0.930. The van der Waals surface area contributed by atoms with Crippen LogP contribution in [0.1, 0.15) is 32.0 Å². The van der Waals surface area contributed by atoms with Crippen LogP contribution in [0, 0.1) is 6.92 Å². The van der Waals surface area contributed by atoms with E-state index in [2.05, 4.69) is 30.6 Å². The summed E-state index contributed by atoms with van der Waals surface area (Å²) in [7, 11) is -13.7. The molecule has 13 nitrogen and oxygen atoms in total. The molecule has 1 N–H and O–H groups in total. The minimum atomic E-state index is -5.92. The van der Waals surface area contributed by atoms with Gasteiger partial charge in [0, 0.05) is 108 Å². The van der Waals surface area contributed by atoms with Crippen LogP contribution in [0.3, 0.4) is 0 Å². The molecule has 0 amide bonds. The molecule has 75 heavy (non-hydrogen) atoms. The van der Waals surface area contributed by atoms with Gasteiger partial charge in [0.05, 0.1) is 47.9 Å². The number of thioether (sulfide) groups is 1. The highest BCUT2D eigenvalue weighted by Crippen LogP contribution is 2.56. The lowest BCUT2D eigenvalue weighted by Crippen LogP contribution is -2.46. The third-order valence-corrected chi connectivity index (χ3v) is 20.6. The molecule has 9 rings (SSSR count). The maximum Gasteiger partial charge on any atom is 0.501 e. The van der Waals surface area contributed by atoms with E-state index in [1.807, 2.05) is 106 Å². The fourth-order valence-electron chi connectivity index (χ4n) is 10.3. The lowest BCUT2D eigenvalue weighted by atomic mass is 10.00. The number of hydrogen-bond acceptors (Lipinski definition) is 12. The Morgan fingerprint density at radius 1 is 0.747 bits per heavy atom.